The number of nitrogens with zero attached hydrogens (tertiary/aromatic N) is 2. The highest BCUT2D eigenvalue weighted by molar-refractivity contribution is 5.83. The van der Waals surface area contributed by atoms with E-state index in [9.17, 15) is 4.79 Å². The second kappa shape index (κ2) is 8.65. The summed E-state index contributed by atoms with van der Waals surface area (Å²) in [4.78, 5) is 16.8. The molecule has 106 valence electrons. The molecular weight excluding hydrogens is 224 g/mol. The molecule has 3 heteroatoms. The van der Waals surface area contributed by atoms with Crippen LogP contribution in [0.1, 0.15) is 45.4 Å². The van der Waals surface area contributed by atoms with E-state index in [0.717, 1.165) is 38.9 Å². The lowest BCUT2D eigenvalue weighted by molar-refractivity contribution is -0.125. The fraction of sp³-hybridized carbons (Fsp3) is 0.933. The van der Waals surface area contributed by atoms with Crippen molar-refractivity contribution in [3.8, 4) is 0 Å². The molecule has 1 aliphatic carbocycles. The third-order valence-electron chi connectivity index (χ3n) is 3.84. The Hall–Kier alpha value is -0.410. The Balaban J connectivity index is 2.35. The Morgan fingerprint density at radius 3 is 2.28 bits per heavy atom. The fourth-order valence-electron chi connectivity index (χ4n) is 2.70. The number of likely N-dealkylation sites (N-methyl/N-ethyl adjacent to an activating group) is 1. The van der Waals surface area contributed by atoms with Gasteiger partial charge in [-0.2, -0.15) is 0 Å². The van der Waals surface area contributed by atoms with Crippen LogP contribution in [0.5, 0.6) is 0 Å². The van der Waals surface area contributed by atoms with Crippen LogP contribution in [0.25, 0.3) is 0 Å². The van der Waals surface area contributed by atoms with Crippen LogP contribution in [0.3, 0.4) is 0 Å². The molecule has 0 aromatic carbocycles. The summed E-state index contributed by atoms with van der Waals surface area (Å²) in [6.07, 6.45) is 7.22. The van der Waals surface area contributed by atoms with Crippen LogP contribution in [0.4, 0.5) is 0 Å². The smallest absolute Gasteiger partial charge is 0.149 e. The highest BCUT2D eigenvalue weighted by atomic mass is 16.1. The van der Waals surface area contributed by atoms with Crippen molar-refractivity contribution < 1.29 is 4.79 Å². The van der Waals surface area contributed by atoms with Crippen molar-refractivity contribution in [1.29, 1.82) is 0 Å². The summed E-state index contributed by atoms with van der Waals surface area (Å²) in [6.45, 7) is 5.96. The van der Waals surface area contributed by atoms with Gasteiger partial charge in [-0.3, -0.25) is 9.69 Å². The third-order valence-corrected chi connectivity index (χ3v) is 3.84. The van der Waals surface area contributed by atoms with Gasteiger partial charge in [0.1, 0.15) is 5.78 Å². The summed E-state index contributed by atoms with van der Waals surface area (Å²) < 4.78 is 0. The first kappa shape index (κ1) is 15.6. The van der Waals surface area contributed by atoms with Crippen molar-refractivity contribution >= 4 is 5.78 Å². The minimum absolute atomic E-state index is 0.359. The molecule has 1 aliphatic rings. The number of ketones is 1. The normalized spacial score (nSPS) is 17.6. The molecule has 0 aromatic heterocycles. The van der Waals surface area contributed by atoms with E-state index >= 15 is 0 Å². The number of rotatable bonds is 8. The number of hydrogen-bond acceptors (Lipinski definition) is 3. The van der Waals surface area contributed by atoms with Crippen LogP contribution >= 0.6 is 0 Å². The zero-order valence-corrected chi connectivity index (χ0v) is 12.5. The average molecular weight is 254 g/mol. The predicted octanol–water partition coefficient (Wildman–Crippen LogP) is 2.41. The standard InChI is InChI=1S/C15H30N2O/c1-4-10-17(12-11-16(2)3)13-15(18)14-8-6-5-7-9-14/h14H,4-13H2,1-3H3. The van der Waals surface area contributed by atoms with Crippen molar-refractivity contribution in [3.05, 3.63) is 0 Å². The number of carbonyl (C=O) groups excluding carboxylic acids is 1. The van der Waals surface area contributed by atoms with Crippen LogP contribution in [0.2, 0.25) is 0 Å². The maximum atomic E-state index is 12.3. The molecule has 1 saturated carbocycles. The van der Waals surface area contributed by atoms with Crippen molar-refractivity contribution in [3.63, 3.8) is 0 Å². The van der Waals surface area contributed by atoms with Crippen LogP contribution in [-0.4, -0.2) is 55.9 Å². The van der Waals surface area contributed by atoms with Gasteiger partial charge in [0.15, 0.2) is 0 Å². The molecular formula is C15H30N2O. The molecule has 0 amide bonds. The fourth-order valence-corrected chi connectivity index (χ4v) is 2.70. The molecule has 0 bridgehead atoms. The molecule has 0 aliphatic heterocycles. The van der Waals surface area contributed by atoms with E-state index in [0.29, 0.717) is 18.2 Å². The number of hydrogen-bond donors (Lipinski definition) is 0. The van der Waals surface area contributed by atoms with Crippen LogP contribution < -0.4 is 0 Å². The van der Waals surface area contributed by atoms with Crippen molar-refractivity contribution in [2.24, 2.45) is 5.92 Å². The molecule has 0 spiro atoms. The third kappa shape index (κ3) is 5.96. The van der Waals surface area contributed by atoms with Gasteiger partial charge in [-0.05, 0) is 39.9 Å². The Bertz CT molecular complexity index is 235. The summed E-state index contributed by atoms with van der Waals surface area (Å²) in [5, 5.41) is 0. The molecule has 0 heterocycles. The number of carbonyl (C=O) groups is 1. The van der Waals surface area contributed by atoms with E-state index in [1.165, 1.54) is 19.3 Å². The molecule has 1 rings (SSSR count). The lowest BCUT2D eigenvalue weighted by atomic mass is 9.86. The Morgan fingerprint density at radius 2 is 1.72 bits per heavy atom. The molecule has 0 unspecified atom stereocenters. The minimum atomic E-state index is 0.359. The van der Waals surface area contributed by atoms with E-state index in [1.54, 1.807) is 0 Å². The molecule has 0 N–H and O–H groups in total. The predicted molar refractivity (Wildman–Crippen MR) is 76.9 cm³/mol. The van der Waals surface area contributed by atoms with Gasteiger partial charge >= 0.3 is 0 Å². The quantitative estimate of drug-likeness (QED) is 0.664. The molecule has 0 saturated heterocycles. The van der Waals surface area contributed by atoms with Gasteiger partial charge in [0.05, 0.1) is 6.54 Å². The SMILES string of the molecule is CCCN(CCN(C)C)CC(=O)C1CCCCC1. The van der Waals surface area contributed by atoms with Crippen molar-refractivity contribution in [1.82, 2.24) is 9.80 Å². The zero-order valence-electron chi connectivity index (χ0n) is 12.5. The molecule has 18 heavy (non-hydrogen) atoms. The molecule has 0 aromatic rings. The number of Topliss-reactive ketones (excluding diaryl/α,β-unsaturated/α-hetero) is 1. The summed E-state index contributed by atoms with van der Waals surface area (Å²) in [5.41, 5.74) is 0. The Morgan fingerprint density at radius 1 is 1.06 bits per heavy atom. The first-order valence-electron chi connectivity index (χ1n) is 7.53. The average Bonchev–Trinajstić information content (AvgIpc) is 2.37. The molecule has 3 nitrogen and oxygen atoms in total. The molecule has 0 atom stereocenters. The van der Waals surface area contributed by atoms with Gasteiger partial charge in [0.2, 0.25) is 0 Å². The van der Waals surface area contributed by atoms with E-state index in [-0.39, 0.29) is 0 Å². The van der Waals surface area contributed by atoms with Crippen LogP contribution in [0.15, 0.2) is 0 Å². The maximum Gasteiger partial charge on any atom is 0.149 e. The highest BCUT2D eigenvalue weighted by Gasteiger charge is 2.22. The van der Waals surface area contributed by atoms with Gasteiger partial charge in [-0.1, -0.05) is 26.2 Å². The first-order chi connectivity index (χ1) is 8.63. The van der Waals surface area contributed by atoms with E-state index < -0.39 is 0 Å². The molecule has 1 fully saturated rings. The van der Waals surface area contributed by atoms with E-state index in [4.69, 9.17) is 0 Å². The Labute approximate surface area is 113 Å². The van der Waals surface area contributed by atoms with Gasteiger partial charge in [-0.25, -0.2) is 0 Å². The van der Waals surface area contributed by atoms with Gasteiger partial charge in [0, 0.05) is 19.0 Å². The van der Waals surface area contributed by atoms with E-state index in [1.807, 2.05) is 0 Å². The summed E-state index contributed by atoms with van der Waals surface area (Å²) in [5.74, 6) is 0.847. The largest absolute Gasteiger partial charge is 0.308 e. The summed E-state index contributed by atoms with van der Waals surface area (Å²) in [6, 6.07) is 0. The zero-order chi connectivity index (χ0) is 13.4. The van der Waals surface area contributed by atoms with Crippen LogP contribution in [0, 0.1) is 5.92 Å². The Kier molecular flexibility index (Phi) is 7.52. The first-order valence-corrected chi connectivity index (χ1v) is 7.53. The molecule has 0 radical (unpaired) electrons. The monoisotopic (exact) mass is 254 g/mol. The highest BCUT2D eigenvalue weighted by Crippen LogP contribution is 2.24. The van der Waals surface area contributed by atoms with Crippen molar-refractivity contribution in [2.45, 2.75) is 45.4 Å². The van der Waals surface area contributed by atoms with E-state index in [2.05, 4.69) is 30.8 Å². The van der Waals surface area contributed by atoms with Gasteiger partial charge in [0.25, 0.3) is 0 Å². The van der Waals surface area contributed by atoms with Gasteiger partial charge < -0.3 is 4.90 Å². The van der Waals surface area contributed by atoms with Crippen LogP contribution in [-0.2, 0) is 4.79 Å². The van der Waals surface area contributed by atoms with Crippen molar-refractivity contribution in [2.75, 3.05) is 40.3 Å². The lowest BCUT2D eigenvalue weighted by Gasteiger charge is -2.26. The minimum Gasteiger partial charge on any atom is -0.308 e. The second-order valence-corrected chi connectivity index (χ2v) is 5.88. The topological polar surface area (TPSA) is 23.6 Å². The lowest BCUT2D eigenvalue weighted by Crippen LogP contribution is -2.38. The maximum absolute atomic E-state index is 12.3. The summed E-state index contributed by atoms with van der Waals surface area (Å²) in [7, 11) is 4.18. The second-order valence-electron chi connectivity index (χ2n) is 5.88. The summed E-state index contributed by atoms with van der Waals surface area (Å²) >= 11 is 0. The van der Waals surface area contributed by atoms with Gasteiger partial charge in [-0.15, -0.1) is 0 Å².